The van der Waals surface area contributed by atoms with E-state index < -0.39 is 28.9 Å². The molecule has 0 bridgehead atoms. The molecule has 2 aromatic carbocycles. The predicted molar refractivity (Wildman–Crippen MR) is 142 cm³/mol. The van der Waals surface area contributed by atoms with Crippen molar-refractivity contribution < 1.29 is 23.4 Å². The minimum Gasteiger partial charge on any atom is -0.393 e. The number of aryl methyl sites for hydroxylation is 2. The number of alkyl halides is 2. The number of aromatic nitrogens is 2. The van der Waals surface area contributed by atoms with Crippen LogP contribution in [0.1, 0.15) is 74.2 Å². The van der Waals surface area contributed by atoms with E-state index in [1.54, 1.807) is 6.92 Å². The average molecular weight is 529 g/mol. The highest BCUT2D eigenvalue weighted by Crippen LogP contribution is 2.43. The van der Waals surface area contributed by atoms with E-state index >= 15 is 4.39 Å². The van der Waals surface area contributed by atoms with E-state index in [0.717, 1.165) is 68.9 Å². The van der Waals surface area contributed by atoms with Crippen LogP contribution in [0.3, 0.4) is 0 Å². The van der Waals surface area contributed by atoms with Crippen LogP contribution >= 0.6 is 0 Å². The molecule has 0 spiro atoms. The number of piperidine rings is 1. The van der Waals surface area contributed by atoms with Crippen LogP contribution in [0.4, 0.5) is 24.7 Å². The largest absolute Gasteiger partial charge is 0.393 e. The van der Waals surface area contributed by atoms with Crippen molar-refractivity contribution in [2.75, 3.05) is 23.3 Å². The molecule has 0 saturated carbocycles. The van der Waals surface area contributed by atoms with Gasteiger partial charge in [0.1, 0.15) is 23.1 Å². The van der Waals surface area contributed by atoms with E-state index in [2.05, 4.69) is 21.3 Å². The molecule has 1 fully saturated rings. The first-order chi connectivity index (χ1) is 17.9. The van der Waals surface area contributed by atoms with E-state index in [1.807, 2.05) is 6.92 Å². The number of rotatable bonds is 6. The summed E-state index contributed by atoms with van der Waals surface area (Å²) >= 11 is 0. The average Bonchev–Trinajstić information content (AvgIpc) is 3.34. The summed E-state index contributed by atoms with van der Waals surface area (Å²) in [6.45, 7) is 6.97. The number of halogens is 3. The Morgan fingerprint density at radius 2 is 1.79 bits per heavy atom. The van der Waals surface area contributed by atoms with Crippen LogP contribution in [-0.2, 0) is 18.8 Å². The number of aliphatic hydroxyl groups is 2. The molecule has 3 aromatic rings. The van der Waals surface area contributed by atoms with Gasteiger partial charge in [0.25, 0.3) is 0 Å². The van der Waals surface area contributed by atoms with Crippen LogP contribution in [0.15, 0.2) is 24.3 Å². The highest BCUT2D eigenvalue weighted by molar-refractivity contribution is 5.96. The summed E-state index contributed by atoms with van der Waals surface area (Å²) in [6.07, 6.45) is 4.06. The number of aliphatic hydroxyl groups excluding tert-OH is 1. The van der Waals surface area contributed by atoms with Crippen molar-refractivity contribution in [1.82, 2.24) is 9.97 Å². The number of benzene rings is 2. The number of nitrogens with one attached hydrogen (secondary N) is 1. The fraction of sp³-hybridized carbons (Fsp3) is 0.517. The topological polar surface area (TPSA) is 81.5 Å². The molecule has 2 aliphatic rings. The van der Waals surface area contributed by atoms with Crippen molar-refractivity contribution >= 4 is 22.4 Å². The molecule has 3 N–H and O–H groups in total. The van der Waals surface area contributed by atoms with Crippen LogP contribution in [0.2, 0.25) is 0 Å². The second kappa shape index (κ2) is 9.68. The van der Waals surface area contributed by atoms with Gasteiger partial charge in [-0.1, -0.05) is 12.1 Å². The zero-order chi connectivity index (χ0) is 27.4. The summed E-state index contributed by atoms with van der Waals surface area (Å²) in [6, 6.07) is 5.26. The van der Waals surface area contributed by atoms with Crippen LogP contribution < -0.4 is 10.2 Å². The highest BCUT2D eigenvalue weighted by Gasteiger charge is 2.49. The molecule has 0 radical (unpaired) electrons. The molecular formula is C29H35F3N4O2. The maximum Gasteiger partial charge on any atom is 0.303 e. The van der Waals surface area contributed by atoms with E-state index in [9.17, 15) is 19.0 Å². The highest BCUT2D eigenvalue weighted by atomic mass is 19.3. The third-order valence-corrected chi connectivity index (χ3v) is 7.91. The van der Waals surface area contributed by atoms with E-state index in [4.69, 9.17) is 4.98 Å². The summed E-state index contributed by atoms with van der Waals surface area (Å²) in [5.41, 5.74) is 1.27. The lowest BCUT2D eigenvalue weighted by Gasteiger charge is -2.33. The van der Waals surface area contributed by atoms with Gasteiger partial charge in [0.15, 0.2) is 0 Å². The van der Waals surface area contributed by atoms with Gasteiger partial charge in [0, 0.05) is 29.7 Å². The van der Waals surface area contributed by atoms with Crippen LogP contribution in [0.5, 0.6) is 0 Å². The summed E-state index contributed by atoms with van der Waals surface area (Å²) in [5, 5.41) is 24.1. The molecule has 38 heavy (non-hydrogen) atoms. The zero-order valence-corrected chi connectivity index (χ0v) is 22.3. The Morgan fingerprint density at radius 3 is 2.47 bits per heavy atom. The molecule has 1 atom stereocenters. The van der Waals surface area contributed by atoms with Crippen molar-refractivity contribution in [2.45, 2.75) is 83.5 Å². The lowest BCUT2D eigenvalue weighted by Crippen LogP contribution is -2.41. The first-order valence-corrected chi connectivity index (χ1v) is 13.3. The van der Waals surface area contributed by atoms with Crippen molar-refractivity contribution in [3.63, 3.8) is 0 Å². The number of anilines is 2. The number of fused-ring (bicyclic) bond motifs is 3. The van der Waals surface area contributed by atoms with E-state index in [1.165, 1.54) is 23.3 Å². The smallest absolute Gasteiger partial charge is 0.303 e. The van der Waals surface area contributed by atoms with Crippen LogP contribution in [0, 0.1) is 12.7 Å². The molecule has 1 aromatic heterocycles. The van der Waals surface area contributed by atoms with E-state index in [0.29, 0.717) is 24.5 Å². The van der Waals surface area contributed by atoms with Crippen molar-refractivity contribution in [2.24, 2.45) is 0 Å². The van der Waals surface area contributed by atoms with Gasteiger partial charge in [-0.15, -0.1) is 0 Å². The third kappa shape index (κ3) is 4.60. The van der Waals surface area contributed by atoms with Gasteiger partial charge in [-0.05, 0) is 83.1 Å². The van der Waals surface area contributed by atoms with Gasteiger partial charge in [0.05, 0.1) is 23.2 Å². The quantitative estimate of drug-likeness (QED) is 0.389. The lowest BCUT2D eigenvalue weighted by atomic mass is 9.91. The molecule has 2 heterocycles. The van der Waals surface area contributed by atoms with Gasteiger partial charge in [-0.3, -0.25) is 0 Å². The minimum absolute atomic E-state index is 0.0576. The third-order valence-electron chi connectivity index (χ3n) is 7.91. The molecular weight excluding hydrogens is 493 g/mol. The maximum atomic E-state index is 15.5. The predicted octanol–water partition coefficient (Wildman–Crippen LogP) is 5.56. The first kappa shape index (κ1) is 26.7. The molecule has 1 aliphatic heterocycles. The Hall–Kier alpha value is -2.91. The maximum absolute atomic E-state index is 15.5. The standard InChI is InChI=1S/C29H35F3N4O2/c1-16(19-7-6-10-23(25(19)30)29(31,32)28(3,4)38)33-27-22-15-24(36-13-11-18(37)12-14-36)20-8-5-9-21(20)26(22)34-17(2)35-27/h6-7,10,15-16,18,37-38H,5,8-9,11-14H2,1-4H3,(H,33,34,35). The monoisotopic (exact) mass is 528 g/mol. The molecule has 0 amide bonds. The van der Waals surface area contributed by atoms with Crippen LogP contribution in [-0.4, -0.2) is 45.0 Å². The number of hydrogen-bond donors (Lipinski definition) is 3. The van der Waals surface area contributed by atoms with Gasteiger partial charge in [-0.2, -0.15) is 8.78 Å². The van der Waals surface area contributed by atoms with Crippen molar-refractivity contribution in [1.29, 1.82) is 0 Å². The number of hydrogen-bond acceptors (Lipinski definition) is 6. The molecule has 6 nitrogen and oxygen atoms in total. The Morgan fingerprint density at radius 1 is 1.11 bits per heavy atom. The van der Waals surface area contributed by atoms with E-state index in [-0.39, 0.29) is 11.7 Å². The first-order valence-electron chi connectivity index (χ1n) is 13.3. The molecule has 5 rings (SSSR count). The fourth-order valence-electron chi connectivity index (χ4n) is 5.70. The lowest BCUT2D eigenvalue weighted by molar-refractivity contribution is -0.170. The summed E-state index contributed by atoms with van der Waals surface area (Å²) in [7, 11) is 0. The summed E-state index contributed by atoms with van der Waals surface area (Å²) in [5.74, 6) is -3.74. The fourth-order valence-corrected chi connectivity index (χ4v) is 5.70. The molecule has 1 unspecified atom stereocenters. The zero-order valence-electron chi connectivity index (χ0n) is 22.3. The van der Waals surface area contributed by atoms with Gasteiger partial charge in [-0.25, -0.2) is 14.4 Å². The Bertz CT molecular complexity index is 1360. The molecule has 1 aliphatic carbocycles. The SMILES string of the molecule is Cc1nc(NC(C)c2cccc(C(F)(F)C(C)(C)O)c2F)c2cc(N3CCC(O)CC3)c3c(c2n1)CCC3. The molecule has 1 saturated heterocycles. The van der Waals surface area contributed by atoms with Crippen molar-refractivity contribution in [3.05, 3.63) is 58.2 Å². The Balaban J connectivity index is 1.56. The normalized spacial score (nSPS) is 17.7. The Kier molecular flexibility index (Phi) is 6.80. The van der Waals surface area contributed by atoms with Crippen molar-refractivity contribution in [3.8, 4) is 0 Å². The summed E-state index contributed by atoms with van der Waals surface area (Å²) in [4.78, 5) is 11.7. The summed E-state index contributed by atoms with van der Waals surface area (Å²) < 4.78 is 45.2. The van der Waals surface area contributed by atoms with Crippen LogP contribution in [0.25, 0.3) is 10.9 Å². The Labute approximate surface area is 220 Å². The van der Waals surface area contributed by atoms with Gasteiger partial charge in [0.2, 0.25) is 0 Å². The second-order valence-electron chi connectivity index (χ2n) is 11.1. The molecule has 204 valence electrons. The second-order valence-corrected chi connectivity index (χ2v) is 11.1. The molecule has 9 heteroatoms. The minimum atomic E-state index is -3.78. The van der Waals surface area contributed by atoms with Gasteiger partial charge < -0.3 is 20.4 Å². The van der Waals surface area contributed by atoms with Gasteiger partial charge >= 0.3 is 5.92 Å². The number of nitrogens with zero attached hydrogens (tertiary/aromatic N) is 3.